The molecule has 0 fully saturated rings. The van der Waals surface area contributed by atoms with Crippen LogP contribution in [-0.4, -0.2) is 29.0 Å². The third-order valence-corrected chi connectivity index (χ3v) is 3.84. The van der Waals surface area contributed by atoms with Crippen LogP contribution in [0.3, 0.4) is 0 Å². The fourth-order valence-electron chi connectivity index (χ4n) is 2.65. The van der Waals surface area contributed by atoms with E-state index in [1.807, 2.05) is 30.3 Å². The molecule has 0 radical (unpaired) electrons. The van der Waals surface area contributed by atoms with Crippen molar-refractivity contribution in [3.8, 4) is 22.5 Å². The lowest BCUT2D eigenvalue weighted by molar-refractivity contribution is -0.114. The molecule has 0 aliphatic rings. The highest BCUT2D eigenvalue weighted by Gasteiger charge is 2.16. The van der Waals surface area contributed by atoms with E-state index in [-0.39, 0.29) is 17.4 Å². The van der Waals surface area contributed by atoms with Gasteiger partial charge in [-0.3, -0.25) is 4.79 Å². The van der Waals surface area contributed by atoms with E-state index in [2.05, 4.69) is 15.3 Å². The molecule has 27 heavy (non-hydrogen) atoms. The van der Waals surface area contributed by atoms with Crippen LogP contribution in [0.2, 0.25) is 0 Å². The van der Waals surface area contributed by atoms with E-state index in [4.69, 9.17) is 10.5 Å². The Kier molecular flexibility index (Phi) is 5.12. The van der Waals surface area contributed by atoms with Crippen molar-refractivity contribution < 1.29 is 14.3 Å². The van der Waals surface area contributed by atoms with Gasteiger partial charge in [-0.25, -0.2) is 14.8 Å². The predicted octanol–water partition coefficient (Wildman–Crippen LogP) is 3.14. The van der Waals surface area contributed by atoms with Gasteiger partial charge in [0.15, 0.2) is 0 Å². The number of benzene rings is 2. The van der Waals surface area contributed by atoms with Crippen molar-refractivity contribution in [2.45, 2.75) is 6.92 Å². The number of rotatable bonds is 4. The number of aromatic nitrogens is 2. The zero-order chi connectivity index (χ0) is 19.4. The first kappa shape index (κ1) is 18.1. The minimum absolute atomic E-state index is 0.122. The topological polar surface area (TPSA) is 107 Å². The second-order valence-electron chi connectivity index (χ2n) is 5.80. The van der Waals surface area contributed by atoms with E-state index in [0.29, 0.717) is 22.6 Å². The molecule has 1 amide bonds. The van der Waals surface area contributed by atoms with Gasteiger partial charge in [-0.2, -0.15) is 0 Å². The highest BCUT2D eigenvalue weighted by Crippen LogP contribution is 2.28. The summed E-state index contributed by atoms with van der Waals surface area (Å²) in [6.07, 6.45) is 0. The van der Waals surface area contributed by atoms with Gasteiger partial charge in [-0.15, -0.1) is 0 Å². The molecule has 3 rings (SSSR count). The van der Waals surface area contributed by atoms with Crippen LogP contribution < -0.4 is 11.1 Å². The summed E-state index contributed by atoms with van der Waals surface area (Å²) >= 11 is 0. The summed E-state index contributed by atoms with van der Waals surface area (Å²) in [5.41, 5.74) is 9.25. The molecular weight excluding hydrogens is 344 g/mol. The summed E-state index contributed by atoms with van der Waals surface area (Å²) in [7, 11) is 1.28. The standard InChI is InChI=1S/C20H18N4O3/c1-12(25)22-16-9-8-14(10-15(16)19(26)27-2)18-11-17(23-20(21)24-18)13-6-4-3-5-7-13/h3-11H,1-2H3,(H,22,25)(H2,21,23,24). The van der Waals surface area contributed by atoms with Gasteiger partial charge in [-0.05, 0) is 18.2 Å². The van der Waals surface area contributed by atoms with Gasteiger partial charge in [0.25, 0.3) is 0 Å². The molecule has 3 N–H and O–H groups in total. The monoisotopic (exact) mass is 362 g/mol. The van der Waals surface area contributed by atoms with Gasteiger partial charge in [0.05, 0.1) is 29.7 Å². The van der Waals surface area contributed by atoms with Crippen molar-refractivity contribution in [1.82, 2.24) is 9.97 Å². The summed E-state index contributed by atoms with van der Waals surface area (Å²) < 4.78 is 4.82. The molecule has 0 saturated heterocycles. The molecular formula is C20H18N4O3. The third-order valence-electron chi connectivity index (χ3n) is 3.84. The molecule has 136 valence electrons. The Morgan fingerprint density at radius 1 is 0.963 bits per heavy atom. The highest BCUT2D eigenvalue weighted by molar-refractivity contribution is 6.01. The molecule has 0 atom stereocenters. The maximum atomic E-state index is 12.1. The summed E-state index contributed by atoms with van der Waals surface area (Å²) in [4.78, 5) is 32.1. The first-order chi connectivity index (χ1) is 13.0. The van der Waals surface area contributed by atoms with Crippen LogP contribution in [0, 0.1) is 0 Å². The quantitative estimate of drug-likeness (QED) is 0.691. The summed E-state index contributed by atoms with van der Waals surface area (Å²) in [6.45, 7) is 1.37. The molecule has 7 nitrogen and oxygen atoms in total. The maximum absolute atomic E-state index is 12.1. The molecule has 1 aromatic heterocycles. The number of carbonyl (C=O) groups is 2. The zero-order valence-electron chi connectivity index (χ0n) is 14.9. The number of carbonyl (C=O) groups excluding carboxylic acids is 2. The molecule has 1 heterocycles. The van der Waals surface area contributed by atoms with Crippen molar-refractivity contribution in [3.63, 3.8) is 0 Å². The largest absolute Gasteiger partial charge is 0.465 e. The van der Waals surface area contributed by atoms with Gasteiger partial charge in [0, 0.05) is 18.1 Å². The number of amides is 1. The number of methoxy groups -OCH3 is 1. The Morgan fingerprint density at radius 2 is 1.63 bits per heavy atom. The fourth-order valence-corrected chi connectivity index (χ4v) is 2.65. The molecule has 0 saturated carbocycles. The lowest BCUT2D eigenvalue weighted by atomic mass is 10.0. The van der Waals surface area contributed by atoms with E-state index < -0.39 is 5.97 Å². The number of nitrogens with one attached hydrogen (secondary N) is 1. The maximum Gasteiger partial charge on any atom is 0.339 e. The predicted molar refractivity (Wildman–Crippen MR) is 103 cm³/mol. The Morgan fingerprint density at radius 3 is 2.26 bits per heavy atom. The lowest BCUT2D eigenvalue weighted by Gasteiger charge is -2.11. The van der Waals surface area contributed by atoms with Crippen LogP contribution in [0.5, 0.6) is 0 Å². The summed E-state index contributed by atoms with van der Waals surface area (Å²) in [5.74, 6) is -0.728. The van der Waals surface area contributed by atoms with E-state index in [1.54, 1.807) is 24.3 Å². The van der Waals surface area contributed by atoms with Crippen molar-refractivity contribution >= 4 is 23.5 Å². The minimum Gasteiger partial charge on any atom is -0.465 e. The second kappa shape index (κ2) is 7.65. The zero-order valence-corrected chi connectivity index (χ0v) is 14.9. The Hall–Kier alpha value is -3.74. The Balaban J connectivity index is 2.10. The van der Waals surface area contributed by atoms with E-state index in [9.17, 15) is 9.59 Å². The lowest BCUT2D eigenvalue weighted by Crippen LogP contribution is -2.12. The average Bonchev–Trinajstić information content (AvgIpc) is 2.67. The summed E-state index contributed by atoms with van der Waals surface area (Å²) in [5, 5.41) is 2.62. The number of hydrogen-bond donors (Lipinski definition) is 2. The smallest absolute Gasteiger partial charge is 0.339 e. The van der Waals surface area contributed by atoms with Gasteiger partial charge in [-0.1, -0.05) is 36.4 Å². The first-order valence-corrected chi connectivity index (χ1v) is 8.18. The molecule has 3 aromatic rings. The number of hydrogen-bond acceptors (Lipinski definition) is 6. The average molecular weight is 362 g/mol. The molecule has 2 aromatic carbocycles. The van der Waals surface area contributed by atoms with Gasteiger partial charge < -0.3 is 15.8 Å². The fraction of sp³-hybridized carbons (Fsp3) is 0.100. The number of nitrogen functional groups attached to an aromatic ring is 1. The second-order valence-corrected chi connectivity index (χ2v) is 5.80. The van der Waals surface area contributed by atoms with Crippen molar-refractivity contribution in [1.29, 1.82) is 0 Å². The van der Waals surface area contributed by atoms with Crippen LogP contribution >= 0.6 is 0 Å². The van der Waals surface area contributed by atoms with E-state index >= 15 is 0 Å². The van der Waals surface area contributed by atoms with Crippen molar-refractivity contribution in [2.75, 3.05) is 18.2 Å². The molecule has 0 aliphatic heterocycles. The molecule has 0 spiro atoms. The molecule has 0 bridgehead atoms. The van der Waals surface area contributed by atoms with Crippen LogP contribution in [-0.2, 0) is 9.53 Å². The SMILES string of the molecule is COC(=O)c1cc(-c2cc(-c3ccccc3)nc(N)n2)ccc1NC(C)=O. The number of anilines is 2. The summed E-state index contributed by atoms with van der Waals surface area (Å²) in [6, 6.07) is 16.3. The van der Waals surface area contributed by atoms with Crippen LogP contribution in [0.1, 0.15) is 17.3 Å². The van der Waals surface area contributed by atoms with Gasteiger partial charge in [0.2, 0.25) is 11.9 Å². The number of nitrogens with two attached hydrogens (primary N) is 1. The number of esters is 1. The Bertz CT molecular complexity index is 1000. The molecule has 0 aliphatic carbocycles. The number of ether oxygens (including phenoxy) is 1. The first-order valence-electron chi connectivity index (χ1n) is 8.18. The van der Waals surface area contributed by atoms with E-state index in [0.717, 1.165) is 5.56 Å². The molecule has 0 unspecified atom stereocenters. The van der Waals surface area contributed by atoms with Crippen LogP contribution in [0.4, 0.5) is 11.6 Å². The number of nitrogens with zero attached hydrogens (tertiary/aromatic N) is 2. The Labute approximate surface area is 156 Å². The van der Waals surface area contributed by atoms with Crippen LogP contribution in [0.15, 0.2) is 54.6 Å². The van der Waals surface area contributed by atoms with Crippen molar-refractivity contribution in [2.24, 2.45) is 0 Å². The van der Waals surface area contributed by atoms with Gasteiger partial charge in [0.1, 0.15) is 0 Å². The van der Waals surface area contributed by atoms with Gasteiger partial charge >= 0.3 is 5.97 Å². The van der Waals surface area contributed by atoms with Crippen molar-refractivity contribution in [3.05, 3.63) is 60.2 Å². The minimum atomic E-state index is -0.564. The third kappa shape index (κ3) is 4.09. The normalized spacial score (nSPS) is 10.3. The van der Waals surface area contributed by atoms with E-state index in [1.165, 1.54) is 14.0 Å². The molecule has 7 heteroatoms. The highest BCUT2D eigenvalue weighted by atomic mass is 16.5. The van der Waals surface area contributed by atoms with Crippen LogP contribution in [0.25, 0.3) is 22.5 Å².